The van der Waals surface area contributed by atoms with Crippen molar-refractivity contribution in [2.75, 3.05) is 32.7 Å². The number of nitrogens with zero attached hydrogens (tertiary/aromatic N) is 3. The highest BCUT2D eigenvalue weighted by Crippen LogP contribution is 2.25. The van der Waals surface area contributed by atoms with Crippen LogP contribution in [0.4, 0.5) is 5.69 Å². The molecule has 1 fully saturated rings. The molecule has 1 saturated heterocycles. The smallest absolute Gasteiger partial charge is 0.270 e. The van der Waals surface area contributed by atoms with Gasteiger partial charge in [0.05, 0.1) is 9.82 Å². The van der Waals surface area contributed by atoms with Gasteiger partial charge < -0.3 is 10.2 Å². The molecule has 10 nitrogen and oxygen atoms in total. The second-order valence-electron chi connectivity index (χ2n) is 7.81. The Hall–Kier alpha value is -3.31. The Balaban J connectivity index is 1.54. The normalized spacial score (nSPS) is 14.7. The number of sulfonamides is 1. The van der Waals surface area contributed by atoms with Crippen LogP contribution in [0.25, 0.3) is 0 Å². The Morgan fingerprint density at radius 2 is 1.70 bits per heavy atom. The van der Waals surface area contributed by atoms with Crippen LogP contribution in [-0.2, 0) is 14.8 Å². The number of amides is 2. The fourth-order valence-corrected chi connectivity index (χ4v) is 5.33. The highest BCUT2D eigenvalue weighted by atomic mass is 32.2. The summed E-state index contributed by atoms with van der Waals surface area (Å²) in [6.45, 7) is 4.19. The third-order valence-electron chi connectivity index (χ3n) is 5.61. The van der Waals surface area contributed by atoms with Gasteiger partial charge in [0, 0.05) is 56.8 Å². The molecule has 0 bridgehead atoms. The number of hydrogen-bond acceptors (Lipinski definition) is 6. The largest absolute Gasteiger partial charge is 0.352 e. The predicted molar refractivity (Wildman–Crippen MR) is 121 cm³/mol. The minimum absolute atomic E-state index is 0.0891. The number of carbonyl (C=O) groups excluding carboxylic acids is 2. The van der Waals surface area contributed by atoms with E-state index in [4.69, 9.17) is 0 Å². The molecule has 2 aromatic rings. The van der Waals surface area contributed by atoms with Gasteiger partial charge in [-0.25, -0.2) is 8.42 Å². The number of nitrogens with one attached hydrogen (secondary N) is 1. The summed E-state index contributed by atoms with van der Waals surface area (Å²) in [7, 11) is -3.93. The lowest BCUT2D eigenvalue weighted by Crippen LogP contribution is -2.51. The van der Waals surface area contributed by atoms with E-state index in [1.807, 2.05) is 19.1 Å². The molecule has 1 aliphatic rings. The van der Waals surface area contributed by atoms with Crippen LogP contribution in [0.15, 0.2) is 47.4 Å². The topological polar surface area (TPSA) is 130 Å². The van der Waals surface area contributed by atoms with Crippen LogP contribution < -0.4 is 5.32 Å². The van der Waals surface area contributed by atoms with Crippen molar-refractivity contribution < 1.29 is 22.9 Å². The molecular weight excluding hydrogens is 448 g/mol. The number of benzene rings is 2. The van der Waals surface area contributed by atoms with Crippen LogP contribution in [0.1, 0.15) is 27.9 Å². The summed E-state index contributed by atoms with van der Waals surface area (Å²) in [6, 6.07) is 10.9. The zero-order chi connectivity index (χ0) is 24.2. The minimum Gasteiger partial charge on any atom is -0.352 e. The van der Waals surface area contributed by atoms with E-state index in [-0.39, 0.29) is 61.5 Å². The highest BCUT2D eigenvalue weighted by molar-refractivity contribution is 7.89. The number of hydrogen-bond donors (Lipinski definition) is 1. The maximum absolute atomic E-state index is 13.0. The van der Waals surface area contributed by atoms with Gasteiger partial charge in [0.25, 0.3) is 11.6 Å². The molecule has 0 saturated carbocycles. The van der Waals surface area contributed by atoms with Crippen molar-refractivity contribution in [1.82, 2.24) is 14.5 Å². The minimum atomic E-state index is -3.93. The van der Waals surface area contributed by atoms with E-state index in [2.05, 4.69) is 5.32 Å². The van der Waals surface area contributed by atoms with E-state index >= 15 is 0 Å². The summed E-state index contributed by atoms with van der Waals surface area (Å²) < 4.78 is 27.3. The Bertz CT molecular complexity index is 1170. The van der Waals surface area contributed by atoms with Crippen LogP contribution in [0.3, 0.4) is 0 Å². The van der Waals surface area contributed by atoms with Gasteiger partial charge in [-0.15, -0.1) is 0 Å². The number of aryl methyl sites for hydroxylation is 2. The highest BCUT2D eigenvalue weighted by Gasteiger charge is 2.32. The number of rotatable bonds is 7. The summed E-state index contributed by atoms with van der Waals surface area (Å²) in [5.74, 6) is -0.423. The molecule has 1 aliphatic heterocycles. The molecule has 2 amide bonds. The van der Waals surface area contributed by atoms with Gasteiger partial charge in [-0.2, -0.15) is 4.31 Å². The third kappa shape index (κ3) is 5.55. The van der Waals surface area contributed by atoms with Crippen molar-refractivity contribution in [3.05, 3.63) is 69.3 Å². The first-order chi connectivity index (χ1) is 15.6. The van der Waals surface area contributed by atoms with Gasteiger partial charge >= 0.3 is 0 Å². The Morgan fingerprint density at radius 1 is 1.03 bits per heavy atom. The fourth-order valence-electron chi connectivity index (χ4n) is 3.66. The first-order valence-corrected chi connectivity index (χ1v) is 11.9. The van der Waals surface area contributed by atoms with E-state index < -0.39 is 14.9 Å². The van der Waals surface area contributed by atoms with Gasteiger partial charge in [-0.3, -0.25) is 19.7 Å². The average Bonchev–Trinajstić information content (AvgIpc) is 2.79. The summed E-state index contributed by atoms with van der Waals surface area (Å²) in [4.78, 5) is 36.6. The van der Waals surface area contributed by atoms with E-state index in [0.29, 0.717) is 11.1 Å². The van der Waals surface area contributed by atoms with Crippen LogP contribution in [0.5, 0.6) is 0 Å². The zero-order valence-electron chi connectivity index (χ0n) is 18.5. The molecule has 0 radical (unpaired) electrons. The number of piperazine rings is 1. The molecule has 1 heterocycles. The summed E-state index contributed by atoms with van der Waals surface area (Å²) >= 11 is 0. The van der Waals surface area contributed by atoms with Crippen LogP contribution in [0.2, 0.25) is 0 Å². The van der Waals surface area contributed by atoms with E-state index in [0.717, 1.165) is 11.6 Å². The summed E-state index contributed by atoms with van der Waals surface area (Å²) in [5.41, 5.74) is 1.53. The van der Waals surface area contributed by atoms with Crippen molar-refractivity contribution in [2.45, 2.75) is 25.2 Å². The predicted octanol–water partition coefficient (Wildman–Crippen LogP) is 1.86. The molecule has 0 spiro atoms. The number of nitro groups is 1. The van der Waals surface area contributed by atoms with Crippen LogP contribution in [0, 0.1) is 24.0 Å². The summed E-state index contributed by atoms with van der Waals surface area (Å²) in [5, 5.41) is 13.8. The van der Waals surface area contributed by atoms with Gasteiger partial charge in [0.2, 0.25) is 15.9 Å². The lowest BCUT2D eigenvalue weighted by atomic mass is 10.1. The molecule has 1 N–H and O–H groups in total. The van der Waals surface area contributed by atoms with Gasteiger partial charge in [-0.1, -0.05) is 24.3 Å². The summed E-state index contributed by atoms with van der Waals surface area (Å²) in [6.07, 6.45) is 0.106. The Kier molecular flexibility index (Phi) is 7.44. The molecule has 11 heteroatoms. The SMILES string of the molecule is Cc1ccccc1C(=O)NCCC(=O)N1CCN(S(=O)(=O)c2cc([N+](=O)[O-])ccc2C)CC1. The Morgan fingerprint density at radius 3 is 2.33 bits per heavy atom. The lowest BCUT2D eigenvalue weighted by Gasteiger charge is -2.34. The molecule has 0 atom stereocenters. The maximum atomic E-state index is 13.0. The van der Waals surface area contributed by atoms with Crippen molar-refractivity contribution in [1.29, 1.82) is 0 Å². The van der Waals surface area contributed by atoms with E-state index in [1.165, 1.54) is 16.4 Å². The fraction of sp³-hybridized carbons (Fsp3) is 0.364. The monoisotopic (exact) mass is 474 g/mol. The average molecular weight is 475 g/mol. The van der Waals surface area contributed by atoms with E-state index in [9.17, 15) is 28.1 Å². The van der Waals surface area contributed by atoms with Gasteiger partial charge in [-0.05, 0) is 31.0 Å². The molecule has 33 heavy (non-hydrogen) atoms. The van der Waals surface area contributed by atoms with Crippen LogP contribution in [-0.4, -0.2) is 67.1 Å². The molecule has 3 rings (SSSR count). The number of non-ortho nitro benzene ring substituents is 1. The van der Waals surface area contributed by atoms with Crippen molar-refractivity contribution >= 4 is 27.5 Å². The quantitative estimate of drug-likeness (QED) is 0.482. The molecule has 2 aromatic carbocycles. The second-order valence-corrected chi connectivity index (χ2v) is 9.72. The third-order valence-corrected chi connectivity index (χ3v) is 7.65. The van der Waals surface area contributed by atoms with Gasteiger partial charge in [0.1, 0.15) is 0 Å². The number of carbonyl (C=O) groups is 2. The number of nitro benzene ring substituents is 1. The van der Waals surface area contributed by atoms with E-state index in [1.54, 1.807) is 24.0 Å². The van der Waals surface area contributed by atoms with Crippen LogP contribution >= 0.6 is 0 Å². The van der Waals surface area contributed by atoms with Crippen molar-refractivity contribution in [3.63, 3.8) is 0 Å². The molecule has 0 unspecified atom stereocenters. The second kappa shape index (κ2) is 10.1. The first kappa shape index (κ1) is 24.3. The Labute approximate surface area is 192 Å². The van der Waals surface area contributed by atoms with Crippen molar-refractivity contribution in [3.8, 4) is 0 Å². The van der Waals surface area contributed by atoms with Gasteiger partial charge in [0.15, 0.2) is 0 Å². The molecule has 0 aliphatic carbocycles. The standard InChI is InChI=1S/C22H26N4O6S/c1-16-5-3-4-6-19(16)22(28)23-10-9-21(27)24-11-13-25(14-12-24)33(31,32)20-15-18(26(29)30)8-7-17(20)2/h3-8,15H,9-14H2,1-2H3,(H,23,28). The molecule has 176 valence electrons. The first-order valence-electron chi connectivity index (χ1n) is 10.5. The van der Waals surface area contributed by atoms with Crippen molar-refractivity contribution in [2.24, 2.45) is 0 Å². The zero-order valence-corrected chi connectivity index (χ0v) is 19.3. The molecule has 0 aromatic heterocycles. The maximum Gasteiger partial charge on any atom is 0.270 e. The lowest BCUT2D eigenvalue weighted by molar-refractivity contribution is -0.385. The molecular formula is C22H26N4O6S.